The van der Waals surface area contributed by atoms with Gasteiger partial charge in [-0.25, -0.2) is 10.8 Å². The molecule has 1 aromatic rings. The van der Waals surface area contributed by atoms with E-state index in [9.17, 15) is 5.11 Å². The number of rotatable bonds is 4. The predicted octanol–water partition coefficient (Wildman–Crippen LogP) is 0.725. The molecule has 0 aromatic carbocycles. The summed E-state index contributed by atoms with van der Waals surface area (Å²) in [6.07, 6.45) is 5.76. The van der Waals surface area contributed by atoms with Gasteiger partial charge in [0.15, 0.2) is 0 Å². The molecule has 0 spiro atoms. The first-order valence-electron chi connectivity index (χ1n) is 6.01. The Morgan fingerprint density at radius 1 is 1.41 bits per heavy atom. The van der Waals surface area contributed by atoms with E-state index in [1.807, 2.05) is 0 Å². The van der Waals surface area contributed by atoms with Gasteiger partial charge in [0.2, 0.25) is 5.95 Å². The molecule has 0 radical (unpaired) electrons. The molecular weight excluding hydrogens is 218 g/mol. The van der Waals surface area contributed by atoms with E-state index in [2.05, 4.69) is 20.7 Å². The number of hydrogen-bond donors (Lipinski definition) is 4. The third-order valence-corrected chi connectivity index (χ3v) is 3.20. The zero-order chi connectivity index (χ0) is 12.1. The van der Waals surface area contributed by atoms with Crippen LogP contribution in [-0.2, 0) is 0 Å². The second-order valence-electron chi connectivity index (χ2n) is 4.40. The Labute approximate surface area is 101 Å². The third-order valence-electron chi connectivity index (χ3n) is 3.20. The van der Waals surface area contributed by atoms with Gasteiger partial charge < -0.3 is 10.4 Å². The van der Waals surface area contributed by atoms with Crippen LogP contribution in [0.2, 0.25) is 0 Å². The zero-order valence-electron chi connectivity index (χ0n) is 9.76. The Morgan fingerprint density at radius 2 is 2.24 bits per heavy atom. The summed E-state index contributed by atoms with van der Waals surface area (Å²) in [7, 11) is 0. The van der Waals surface area contributed by atoms with E-state index >= 15 is 0 Å². The van der Waals surface area contributed by atoms with Gasteiger partial charge in [-0.3, -0.25) is 5.43 Å². The summed E-state index contributed by atoms with van der Waals surface area (Å²) in [6.45, 7) is 0.738. The molecule has 17 heavy (non-hydrogen) atoms. The van der Waals surface area contributed by atoms with E-state index in [0.717, 1.165) is 31.6 Å². The highest BCUT2D eigenvalue weighted by Crippen LogP contribution is 2.24. The largest absolute Gasteiger partial charge is 0.393 e. The van der Waals surface area contributed by atoms with Crippen LogP contribution in [0.5, 0.6) is 0 Å². The summed E-state index contributed by atoms with van der Waals surface area (Å²) < 4.78 is 0. The average molecular weight is 237 g/mol. The molecule has 2 atom stereocenters. The first kappa shape index (κ1) is 12.1. The molecule has 1 aromatic heterocycles. The first-order valence-corrected chi connectivity index (χ1v) is 6.01. The van der Waals surface area contributed by atoms with Crippen LogP contribution in [0.3, 0.4) is 0 Å². The van der Waals surface area contributed by atoms with Crippen LogP contribution < -0.4 is 16.6 Å². The van der Waals surface area contributed by atoms with Gasteiger partial charge in [0.05, 0.1) is 6.10 Å². The van der Waals surface area contributed by atoms with Crippen molar-refractivity contribution in [1.29, 1.82) is 0 Å². The van der Waals surface area contributed by atoms with Crippen LogP contribution in [0.1, 0.15) is 25.7 Å². The van der Waals surface area contributed by atoms with Crippen molar-refractivity contribution < 1.29 is 5.11 Å². The molecule has 1 aliphatic carbocycles. The van der Waals surface area contributed by atoms with E-state index in [4.69, 9.17) is 5.84 Å². The molecule has 2 rings (SSSR count). The monoisotopic (exact) mass is 237 g/mol. The fourth-order valence-electron chi connectivity index (χ4n) is 2.19. The van der Waals surface area contributed by atoms with Gasteiger partial charge in [-0.1, -0.05) is 12.8 Å². The number of anilines is 2. The van der Waals surface area contributed by atoms with Gasteiger partial charge in [0.1, 0.15) is 5.82 Å². The van der Waals surface area contributed by atoms with E-state index < -0.39 is 0 Å². The van der Waals surface area contributed by atoms with Crippen molar-refractivity contribution in [2.75, 3.05) is 17.3 Å². The quantitative estimate of drug-likeness (QED) is 0.455. The third kappa shape index (κ3) is 3.28. The van der Waals surface area contributed by atoms with Crippen molar-refractivity contribution >= 4 is 11.8 Å². The molecule has 0 bridgehead atoms. The topological polar surface area (TPSA) is 96.1 Å². The number of nitrogens with one attached hydrogen (secondary N) is 2. The SMILES string of the molecule is NNc1nccc(NCC2CCCCC2O)n1. The molecule has 5 N–H and O–H groups in total. The van der Waals surface area contributed by atoms with Gasteiger partial charge >= 0.3 is 0 Å². The van der Waals surface area contributed by atoms with E-state index in [1.165, 1.54) is 6.42 Å². The highest BCUT2D eigenvalue weighted by atomic mass is 16.3. The Morgan fingerprint density at radius 3 is 3.00 bits per heavy atom. The molecule has 0 amide bonds. The second kappa shape index (κ2) is 5.79. The van der Waals surface area contributed by atoms with Gasteiger partial charge in [-0.15, -0.1) is 0 Å². The fraction of sp³-hybridized carbons (Fsp3) is 0.636. The minimum atomic E-state index is -0.190. The molecule has 1 fully saturated rings. The van der Waals surface area contributed by atoms with Crippen molar-refractivity contribution in [2.45, 2.75) is 31.8 Å². The fourth-order valence-corrected chi connectivity index (χ4v) is 2.19. The normalized spacial score (nSPS) is 24.4. The lowest BCUT2D eigenvalue weighted by molar-refractivity contribution is 0.0763. The van der Waals surface area contributed by atoms with E-state index in [-0.39, 0.29) is 6.10 Å². The van der Waals surface area contributed by atoms with Gasteiger partial charge in [0, 0.05) is 18.7 Å². The molecule has 0 saturated heterocycles. The van der Waals surface area contributed by atoms with E-state index in [0.29, 0.717) is 11.9 Å². The number of hydrogen-bond acceptors (Lipinski definition) is 6. The molecule has 1 saturated carbocycles. The highest BCUT2D eigenvalue weighted by molar-refractivity contribution is 5.38. The van der Waals surface area contributed by atoms with Crippen LogP contribution in [0, 0.1) is 5.92 Å². The molecule has 2 unspecified atom stereocenters. The summed E-state index contributed by atoms with van der Waals surface area (Å²) in [5.41, 5.74) is 2.40. The summed E-state index contributed by atoms with van der Waals surface area (Å²) in [6, 6.07) is 1.79. The lowest BCUT2D eigenvalue weighted by Crippen LogP contribution is -2.30. The molecular formula is C11H19N5O. The number of aromatic nitrogens is 2. The zero-order valence-corrected chi connectivity index (χ0v) is 9.76. The van der Waals surface area contributed by atoms with Crippen LogP contribution in [0.4, 0.5) is 11.8 Å². The van der Waals surface area contributed by atoms with Gasteiger partial charge in [0.25, 0.3) is 0 Å². The van der Waals surface area contributed by atoms with Crippen LogP contribution in [-0.4, -0.2) is 27.7 Å². The molecule has 1 aliphatic rings. The van der Waals surface area contributed by atoms with Crippen LogP contribution in [0.25, 0.3) is 0 Å². The molecule has 6 nitrogen and oxygen atoms in total. The number of hydrazine groups is 1. The van der Waals surface area contributed by atoms with Crippen molar-refractivity contribution in [2.24, 2.45) is 11.8 Å². The van der Waals surface area contributed by atoms with Gasteiger partial charge in [-0.05, 0) is 18.9 Å². The molecule has 1 heterocycles. The standard InChI is InChI=1S/C11H19N5O/c12-16-11-13-6-5-10(15-11)14-7-8-3-1-2-4-9(8)17/h5-6,8-9,17H,1-4,7,12H2,(H2,13,14,15,16). The Kier molecular flexibility index (Phi) is 4.11. The summed E-state index contributed by atoms with van der Waals surface area (Å²) in [5, 5.41) is 13.1. The lowest BCUT2D eigenvalue weighted by atomic mass is 9.86. The Hall–Kier alpha value is -1.40. The van der Waals surface area contributed by atoms with Crippen molar-refractivity contribution in [3.05, 3.63) is 12.3 Å². The number of nitrogens with two attached hydrogens (primary N) is 1. The molecule has 6 heteroatoms. The lowest BCUT2D eigenvalue weighted by Gasteiger charge is -2.27. The summed E-state index contributed by atoms with van der Waals surface area (Å²) in [4.78, 5) is 8.09. The number of aliphatic hydroxyl groups is 1. The Balaban J connectivity index is 1.88. The van der Waals surface area contributed by atoms with Crippen LogP contribution in [0.15, 0.2) is 12.3 Å². The minimum Gasteiger partial charge on any atom is -0.393 e. The summed E-state index contributed by atoms with van der Waals surface area (Å²) >= 11 is 0. The van der Waals surface area contributed by atoms with Gasteiger partial charge in [-0.2, -0.15) is 4.98 Å². The maximum Gasteiger partial charge on any atom is 0.239 e. The average Bonchev–Trinajstić information content (AvgIpc) is 2.38. The highest BCUT2D eigenvalue weighted by Gasteiger charge is 2.22. The smallest absolute Gasteiger partial charge is 0.239 e. The minimum absolute atomic E-state index is 0.190. The van der Waals surface area contributed by atoms with Crippen molar-refractivity contribution in [3.63, 3.8) is 0 Å². The van der Waals surface area contributed by atoms with Crippen molar-refractivity contribution in [1.82, 2.24) is 9.97 Å². The Bertz CT molecular complexity index is 359. The van der Waals surface area contributed by atoms with E-state index in [1.54, 1.807) is 12.3 Å². The van der Waals surface area contributed by atoms with Crippen molar-refractivity contribution in [3.8, 4) is 0 Å². The second-order valence-corrected chi connectivity index (χ2v) is 4.40. The molecule has 94 valence electrons. The number of aliphatic hydroxyl groups excluding tert-OH is 1. The maximum absolute atomic E-state index is 9.84. The summed E-state index contributed by atoms with van der Waals surface area (Å²) in [5.74, 6) is 6.67. The first-order chi connectivity index (χ1) is 8.29. The maximum atomic E-state index is 9.84. The number of nitrogens with zero attached hydrogens (tertiary/aromatic N) is 2. The predicted molar refractivity (Wildman–Crippen MR) is 66.3 cm³/mol. The number of nitrogen functional groups attached to an aromatic ring is 1. The van der Waals surface area contributed by atoms with Crippen LogP contribution >= 0.6 is 0 Å². The molecule has 0 aliphatic heterocycles.